The van der Waals surface area contributed by atoms with Gasteiger partial charge in [-0.2, -0.15) is 5.10 Å². The second-order valence-electron chi connectivity index (χ2n) is 6.14. The SMILES string of the molecule is CC(C)Cn1c(N)c(S(=O)(=O)c2ccc(Cl)cc2)c2cn[nH]c(=O)c21. The molecule has 9 heteroatoms. The van der Waals surface area contributed by atoms with Crippen molar-refractivity contribution in [3.8, 4) is 0 Å². The highest BCUT2D eigenvalue weighted by Crippen LogP contribution is 2.35. The van der Waals surface area contributed by atoms with Gasteiger partial charge in [-0.1, -0.05) is 25.4 Å². The van der Waals surface area contributed by atoms with E-state index in [4.69, 9.17) is 17.3 Å². The van der Waals surface area contributed by atoms with Crippen LogP contribution < -0.4 is 11.3 Å². The minimum atomic E-state index is -3.94. The minimum Gasteiger partial charge on any atom is -0.384 e. The van der Waals surface area contributed by atoms with Crippen LogP contribution in [0.4, 0.5) is 5.82 Å². The van der Waals surface area contributed by atoms with Crippen LogP contribution in [0.1, 0.15) is 13.8 Å². The summed E-state index contributed by atoms with van der Waals surface area (Å²) in [5.74, 6) is 0.189. The summed E-state index contributed by atoms with van der Waals surface area (Å²) in [5.41, 5.74) is 5.88. The molecule has 0 saturated heterocycles. The van der Waals surface area contributed by atoms with Gasteiger partial charge in [0.1, 0.15) is 16.2 Å². The second-order valence-corrected chi connectivity index (χ2v) is 8.46. The van der Waals surface area contributed by atoms with E-state index in [1.807, 2.05) is 13.8 Å². The Hall–Kier alpha value is -2.32. The summed E-state index contributed by atoms with van der Waals surface area (Å²) >= 11 is 5.84. The minimum absolute atomic E-state index is 0.0251. The number of H-pyrrole nitrogens is 1. The predicted octanol–water partition coefficient (Wildman–Crippen LogP) is 2.45. The fraction of sp³-hybridized carbons (Fsp3) is 0.250. The van der Waals surface area contributed by atoms with Crippen molar-refractivity contribution >= 4 is 38.2 Å². The lowest BCUT2D eigenvalue weighted by atomic mass is 10.2. The van der Waals surface area contributed by atoms with Crippen LogP contribution in [0, 0.1) is 5.92 Å². The van der Waals surface area contributed by atoms with Gasteiger partial charge in [-0.25, -0.2) is 13.5 Å². The smallest absolute Gasteiger partial charge is 0.288 e. The molecule has 0 spiro atoms. The Morgan fingerprint density at radius 1 is 1.28 bits per heavy atom. The number of nitrogens with zero attached hydrogens (tertiary/aromatic N) is 2. The van der Waals surface area contributed by atoms with E-state index in [9.17, 15) is 13.2 Å². The van der Waals surface area contributed by atoms with Crippen LogP contribution in [-0.4, -0.2) is 23.2 Å². The molecule has 0 aliphatic heterocycles. The van der Waals surface area contributed by atoms with E-state index in [-0.39, 0.29) is 32.4 Å². The maximum atomic E-state index is 13.1. The maximum absolute atomic E-state index is 13.1. The van der Waals surface area contributed by atoms with Crippen molar-refractivity contribution in [1.82, 2.24) is 14.8 Å². The number of hydrogen-bond donors (Lipinski definition) is 2. The van der Waals surface area contributed by atoms with Gasteiger partial charge in [-0.05, 0) is 30.2 Å². The molecule has 3 aromatic rings. The van der Waals surface area contributed by atoms with Crippen LogP contribution in [-0.2, 0) is 16.4 Å². The highest BCUT2D eigenvalue weighted by molar-refractivity contribution is 7.92. The first-order chi connectivity index (χ1) is 11.7. The molecule has 3 N–H and O–H groups in total. The number of fused-ring (bicyclic) bond motifs is 1. The van der Waals surface area contributed by atoms with Crippen LogP contribution >= 0.6 is 11.6 Å². The van der Waals surface area contributed by atoms with Crippen molar-refractivity contribution in [3.05, 3.63) is 45.8 Å². The molecule has 0 amide bonds. The fourth-order valence-corrected chi connectivity index (χ4v) is 4.46. The number of aromatic nitrogens is 3. The third kappa shape index (κ3) is 2.91. The molecular formula is C16H17ClN4O3S. The molecule has 0 saturated carbocycles. The first-order valence-corrected chi connectivity index (χ1v) is 9.45. The Labute approximate surface area is 149 Å². The van der Waals surface area contributed by atoms with E-state index in [0.717, 1.165) is 0 Å². The Morgan fingerprint density at radius 3 is 2.52 bits per heavy atom. The zero-order valence-electron chi connectivity index (χ0n) is 13.7. The lowest BCUT2D eigenvalue weighted by Gasteiger charge is -2.10. The van der Waals surface area contributed by atoms with E-state index >= 15 is 0 Å². The van der Waals surface area contributed by atoms with Crippen molar-refractivity contribution in [2.24, 2.45) is 5.92 Å². The summed E-state index contributed by atoms with van der Waals surface area (Å²) in [4.78, 5) is 12.2. The summed E-state index contributed by atoms with van der Waals surface area (Å²) in [6.45, 7) is 4.31. The summed E-state index contributed by atoms with van der Waals surface area (Å²) < 4.78 is 27.8. The maximum Gasteiger partial charge on any atom is 0.288 e. The Kier molecular flexibility index (Phi) is 4.34. The van der Waals surface area contributed by atoms with E-state index in [1.54, 1.807) is 0 Å². The van der Waals surface area contributed by atoms with Gasteiger partial charge in [0, 0.05) is 17.0 Å². The van der Waals surface area contributed by atoms with E-state index in [2.05, 4.69) is 10.2 Å². The van der Waals surface area contributed by atoms with Crippen LogP contribution in [0.3, 0.4) is 0 Å². The van der Waals surface area contributed by atoms with Crippen LogP contribution in [0.25, 0.3) is 10.9 Å². The standard InChI is InChI=1S/C16H17ClN4O3S/c1-9(2)8-21-13-12(7-19-20-16(13)22)14(15(21)18)25(23,24)11-5-3-10(17)4-6-11/h3-7,9H,8,18H2,1-2H3,(H,20,22). The number of nitrogen functional groups attached to an aromatic ring is 1. The quantitative estimate of drug-likeness (QED) is 0.722. The van der Waals surface area contributed by atoms with Crippen LogP contribution in [0.5, 0.6) is 0 Å². The molecule has 0 atom stereocenters. The Bertz CT molecular complexity index is 1100. The average molecular weight is 381 g/mol. The Balaban J connectivity index is 2.37. The molecule has 25 heavy (non-hydrogen) atoms. The molecule has 2 aromatic heterocycles. The highest BCUT2D eigenvalue weighted by Gasteiger charge is 2.29. The van der Waals surface area contributed by atoms with E-state index in [0.29, 0.717) is 11.6 Å². The molecule has 0 fully saturated rings. The molecule has 2 heterocycles. The topological polar surface area (TPSA) is 111 Å². The van der Waals surface area contributed by atoms with Gasteiger partial charge in [0.15, 0.2) is 0 Å². The summed E-state index contributed by atoms with van der Waals surface area (Å²) in [6, 6.07) is 5.79. The fourth-order valence-electron chi connectivity index (χ4n) is 2.78. The predicted molar refractivity (Wildman–Crippen MR) is 96.5 cm³/mol. The summed E-state index contributed by atoms with van der Waals surface area (Å²) in [6.07, 6.45) is 1.31. The number of benzene rings is 1. The van der Waals surface area contributed by atoms with Gasteiger partial charge in [-0.3, -0.25) is 4.79 Å². The molecule has 0 aliphatic carbocycles. The van der Waals surface area contributed by atoms with Crippen molar-refractivity contribution in [2.75, 3.05) is 5.73 Å². The molecule has 0 aliphatic rings. The van der Waals surface area contributed by atoms with Crippen molar-refractivity contribution in [3.63, 3.8) is 0 Å². The van der Waals surface area contributed by atoms with E-state index in [1.165, 1.54) is 35.0 Å². The van der Waals surface area contributed by atoms with Crippen molar-refractivity contribution in [1.29, 1.82) is 0 Å². The lowest BCUT2D eigenvalue weighted by molar-refractivity contribution is 0.536. The van der Waals surface area contributed by atoms with E-state index < -0.39 is 15.4 Å². The molecule has 3 rings (SSSR count). The first kappa shape index (κ1) is 17.5. The number of nitrogens with one attached hydrogen (secondary N) is 1. The van der Waals surface area contributed by atoms with Crippen LogP contribution in [0.2, 0.25) is 5.02 Å². The second kappa shape index (κ2) is 6.20. The van der Waals surface area contributed by atoms with Crippen molar-refractivity contribution < 1.29 is 8.42 Å². The molecule has 0 bridgehead atoms. The normalized spacial score (nSPS) is 12.2. The van der Waals surface area contributed by atoms with Gasteiger partial charge in [0.2, 0.25) is 9.84 Å². The number of hydrogen-bond acceptors (Lipinski definition) is 5. The molecule has 0 radical (unpaired) electrons. The molecule has 1 aromatic carbocycles. The monoisotopic (exact) mass is 380 g/mol. The summed E-state index contributed by atoms with van der Waals surface area (Å²) in [5, 5.41) is 6.70. The van der Waals surface area contributed by atoms with Gasteiger partial charge in [0.05, 0.1) is 11.1 Å². The van der Waals surface area contributed by atoms with Gasteiger partial charge in [0.25, 0.3) is 5.56 Å². The van der Waals surface area contributed by atoms with Crippen molar-refractivity contribution in [2.45, 2.75) is 30.2 Å². The Morgan fingerprint density at radius 2 is 1.92 bits per heavy atom. The first-order valence-electron chi connectivity index (χ1n) is 7.59. The third-order valence-electron chi connectivity index (χ3n) is 3.81. The number of aromatic amines is 1. The zero-order valence-corrected chi connectivity index (χ0v) is 15.2. The molecular weight excluding hydrogens is 364 g/mol. The van der Waals surface area contributed by atoms with Gasteiger partial charge in [-0.15, -0.1) is 0 Å². The lowest BCUT2D eigenvalue weighted by Crippen LogP contribution is -2.15. The zero-order chi connectivity index (χ0) is 18.4. The average Bonchev–Trinajstić information content (AvgIpc) is 2.81. The number of sulfone groups is 1. The molecule has 7 nitrogen and oxygen atoms in total. The third-order valence-corrected chi connectivity index (χ3v) is 5.92. The number of rotatable bonds is 4. The molecule has 132 valence electrons. The number of halogens is 1. The van der Waals surface area contributed by atoms with Gasteiger partial charge >= 0.3 is 0 Å². The molecule has 0 unspecified atom stereocenters. The highest BCUT2D eigenvalue weighted by atomic mass is 35.5. The van der Waals surface area contributed by atoms with Gasteiger partial charge < -0.3 is 10.3 Å². The largest absolute Gasteiger partial charge is 0.384 e. The summed E-state index contributed by atoms with van der Waals surface area (Å²) in [7, 11) is -3.94. The van der Waals surface area contributed by atoms with Crippen LogP contribution in [0.15, 0.2) is 45.0 Å². The number of anilines is 1. The number of nitrogens with two attached hydrogens (primary N) is 1.